The van der Waals surface area contributed by atoms with E-state index in [1.54, 1.807) is 0 Å². The van der Waals surface area contributed by atoms with E-state index in [0.29, 0.717) is 0 Å². The number of hydrogen-bond acceptors (Lipinski definition) is 1. The number of aromatic nitrogens is 1. The Kier molecular flexibility index (Phi) is 2.15. The molecule has 1 aromatic heterocycles. The van der Waals surface area contributed by atoms with E-state index in [1.165, 1.54) is 21.5 Å². The van der Waals surface area contributed by atoms with Crippen LogP contribution < -0.4 is 4.57 Å². The maximum Gasteiger partial charge on any atom is 0.322 e. The Bertz CT molecular complexity index is 729. The maximum atomic E-state index is 4.01. The van der Waals surface area contributed by atoms with Crippen LogP contribution in [0, 0.1) is 0 Å². The summed E-state index contributed by atoms with van der Waals surface area (Å²) in [6.45, 7) is 3.59. The third kappa shape index (κ3) is 1.49. The number of aryl methyl sites for hydroxylation is 1. The maximum absolute atomic E-state index is 4.01. The van der Waals surface area contributed by atoms with Gasteiger partial charge in [0.1, 0.15) is 6.72 Å². The predicted octanol–water partition coefficient (Wildman–Crippen LogP) is 3.15. The van der Waals surface area contributed by atoms with Crippen molar-refractivity contribution >= 4 is 34.1 Å². The summed E-state index contributed by atoms with van der Waals surface area (Å²) in [5.74, 6) is 0.882. The van der Waals surface area contributed by atoms with Crippen LogP contribution in [0.5, 0.6) is 0 Å². The van der Waals surface area contributed by atoms with Crippen LogP contribution in [0.3, 0.4) is 0 Å². The molecule has 2 nitrogen and oxygen atoms in total. The van der Waals surface area contributed by atoms with Gasteiger partial charge in [0.15, 0.2) is 0 Å². The first-order valence-corrected chi connectivity index (χ1v) is 5.57. The van der Waals surface area contributed by atoms with E-state index in [9.17, 15) is 0 Å². The Hall–Kier alpha value is -2.22. The van der Waals surface area contributed by atoms with Crippen LogP contribution in [0.2, 0.25) is 0 Å². The number of benzene rings is 2. The molecule has 3 rings (SSSR count). The summed E-state index contributed by atoms with van der Waals surface area (Å²) in [5, 5.41) is 4.98. The van der Waals surface area contributed by atoms with Gasteiger partial charge in [-0.15, -0.1) is 0 Å². The minimum Gasteiger partial charge on any atom is -0.233 e. The van der Waals surface area contributed by atoms with Gasteiger partial charge < -0.3 is 0 Å². The van der Waals surface area contributed by atoms with Gasteiger partial charge in [-0.3, -0.25) is 0 Å². The zero-order chi connectivity index (χ0) is 11.8. The first-order valence-electron chi connectivity index (χ1n) is 5.57. The van der Waals surface area contributed by atoms with E-state index in [-0.39, 0.29) is 0 Å². The van der Waals surface area contributed by atoms with Gasteiger partial charge in [0, 0.05) is 11.5 Å². The molecular formula is C15H13N2+. The third-order valence-corrected chi connectivity index (χ3v) is 3.14. The molecule has 1 heterocycles. The standard InChI is InChI=1S/C15H13N2/c1-16-15-9-12-8-7-11-5-3-4-6-13(11)14(12)10-17(15)2/h3-10H,1H2,2H3/q+1. The number of aliphatic imine (C=N–C) groups is 1. The highest BCUT2D eigenvalue weighted by molar-refractivity contribution is 6.07. The second-order valence-electron chi connectivity index (χ2n) is 4.19. The highest BCUT2D eigenvalue weighted by atomic mass is 15.0. The molecule has 0 atom stereocenters. The van der Waals surface area contributed by atoms with Gasteiger partial charge in [-0.2, -0.15) is 0 Å². The summed E-state index contributed by atoms with van der Waals surface area (Å²) < 4.78 is 2.00. The van der Waals surface area contributed by atoms with Crippen LogP contribution in [0.25, 0.3) is 21.5 Å². The van der Waals surface area contributed by atoms with E-state index in [2.05, 4.69) is 60.4 Å². The summed E-state index contributed by atoms with van der Waals surface area (Å²) in [7, 11) is 1.99. The van der Waals surface area contributed by atoms with Crippen molar-refractivity contribution in [3.8, 4) is 0 Å². The summed E-state index contributed by atoms with van der Waals surface area (Å²) in [5.41, 5.74) is 0. The lowest BCUT2D eigenvalue weighted by Crippen LogP contribution is -2.27. The van der Waals surface area contributed by atoms with Crippen LogP contribution in [0.1, 0.15) is 0 Å². The average molecular weight is 221 g/mol. The molecule has 0 saturated heterocycles. The second-order valence-corrected chi connectivity index (χ2v) is 4.19. The van der Waals surface area contributed by atoms with Gasteiger partial charge in [-0.25, -0.2) is 4.57 Å². The van der Waals surface area contributed by atoms with Crippen molar-refractivity contribution in [2.75, 3.05) is 0 Å². The van der Waals surface area contributed by atoms with Crippen molar-refractivity contribution in [3.05, 3.63) is 48.7 Å². The van der Waals surface area contributed by atoms with Crippen LogP contribution in [-0.4, -0.2) is 6.72 Å². The molecule has 17 heavy (non-hydrogen) atoms. The molecule has 0 N–H and O–H groups in total. The summed E-state index contributed by atoms with van der Waals surface area (Å²) >= 11 is 0. The van der Waals surface area contributed by atoms with E-state index in [0.717, 1.165) is 5.82 Å². The van der Waals surface area contributed by atoms with E-state index < -0.39 is 0 Å². The SMILES string of the molecule is C=Nc1cc2ccc3ccccc3c2c[n+]1C. The number of pyridine rings is 1. The van der Waals surface area contributed by atoms with Gasteiger partial charge in [-0.1, -0.05) is 41.4 Å². The minimum absolute atomic E-state index is 0.882. The molecule has 0 amide bonds. The summed E-state index contributed by atoms with van der Waals surface area (Å²) in [6, 6.07) is 14.8. The Morgan fingerprint density at radius 2 is 1.76 bits per heavy atom. The van der Waals surface area contributed by atoms with E-state index >= 15 is 0 Å². The van der Waals surface area contributed by atoms with Crippen molar-refractivity contribution < 1.29 is 4.57 Å². The molecule has 2 aromatic carbocycles. The molecule has 82 valence electrons. The molecule has 0 spiro atoms. The van der Waals surface area contributed by atoms with Crippen molar-refractivity contribution in [1.29, 1.82) is 0 Å². The third-order valence-electron chi connectivity index (χ3n) is 3.14. The van der Waals surface area contributed by atoms with Gasteiger partial charge >= 0.3 is 5.82 Å². The Balaban J connectivity index is 2.50. The fourth-order valence-electron chi connectivity index (χ4n) is 2.24. The molecule has 0 aliphatic rings. The molecule has 0 aliphatic carbocycles. The first kappa shape index (κ1) is 9.97. The molecule has 2 heteroatoms. The van der Waals surface area contributed by atoms with Gasteiger partial charge in [0.2, 0.25) is 0 Å². The molecular weight excluding hydrogens is 208 g/mol. The topological polar surface area (TPSA) is 16.2 Å². The first-order chi connectivity index (χ1) is 8.29. The average Bonchev–Trinajstić information content (AvgIpc) is 2.38. The predicted molar refractivity (Wildman–Crippen MR) is 71.8 cm³/mol. The number of rotatable bonds is 1. The van der Waals surface area contributed by atoms with Crippen LogP contribution in [0.4, 0.5) is 5.82 Å². The number of hydrogen-bond donors (Lipinski definition) is 0. The lowest BCUT2D eigenvalue weighted by atomic mass is 10.0. The smallest absolute Gasteiger partial charge is 0.233 e. The van der Waals surface area contributed by atoms with Gasteiger partial charge in [0.05, 0.1) is 13.2 Å². The number of fused-ring (bicyclic) bond motifs is 3. The van der Waals surface area contributed by atoms with Crippen molar-refractivity contribution in [3.63, 3.8) is 0 Å². The molecule has 3 aromatic rings. The van der Waals surface area contributed by atoms with E-state index in [4.69, 9.17) is 0 Å². The monoisotopic (exact) mass is 221 g/mol. The molecule has 0 aliphatic heterocycles. The fourth-order valence-corrected chi connectivity index (χ4v) is 2.24. The van der Waals surface area contributed by atoms with Crippen LogP contribution >= 0.6 is 0 Å². The molecule has 0 bridgehead atoms. The molecule has 0 radical (unpaired) electrons. The zero-order valence-corrected chi connectivity index (χ0v) is 9.72. The van der Waals surface area contributed by atoms with Crippen LogP contribution in [-0.2, 0) is 7.05 Å². The quantitative estimate of drug-likeness (QED) is 0.341. The molecule has 0 unspecified atom stereocenters. The Labute approximate surface area is 99.8 Å². The fraction of sp³-hybridized carbons (Fsp3) is 0.0667. The van der Waals surface area contributed by atoms with Crippen LogP contribution in [0.15, 0.2) is 53.7 Å². The van der Waals surface area contributed by atoms with E-state index in [1.807, 2.05) is 11.6 Å². The normalized spacial score (nSPS) is 10.9. The number of nitrogens with zero attached hydrogens (tertiary/aromatic N) is 2. The summed E-state index contributed by atoms with van der Waals surface area (Å²) in [4.78, 5) is 4.01. The lowest BCUT2D eigenvalue weighted by Gasteiger charge is -2.04. The highest BCUT2D eigenvalue weighted by Gasteiger charge is 2.08. The second kappa shape index (κ2) is 3.67. The zero-order valence-electron chi connectivity index (χ0n) is 9.72. The largest absolute Gasteiger partial charge is 0.322 e. The molecule has 0 saturated carbocycles. The minimum atomic E-state index is 0.882. The summed E-state index contributed by atoms with van der Waals surface area (Å²) in [6.07, 6.45) is 2.11. The Morgan fingerprint density at radius 3 is 2.59 bits per heavy atom. The Morgan fingerprint density at radius 1 is 1.00 bits per heavy atom. The van der Waals surface area contributed by atoms with Crippen molar-refractivity contribution in [2.45, 2.75) is 0 Å². The lowest BCUT2D eigenvalue weighted by molar-refractivity contribution is -0.656. The van der Waals surface area contributed by atoms with Gasteiger partial charge in [0.25, 0.3) is 0 Å². The molecule has 0 fully saturated rings. The highest BCUT2D eigenvalue weighted by Crippen LogP contribution is 2.25. The van der Waals surface area contributed by atoms with Gasteiger partial charge in [-0.05, 0) is 16.2 Å². The van der Waals surface area contributed by atoms with Crippen molar-refractivity contribution in [1.82, 2.24) is 0 Å². The van der Waals surface area contributed by atoms with Crippen molar-refractivity contribution in [2.24, 2.45) is 12.0 Å².